The summed E-state index contributed by atoms with van der Waals surface area (Å²) in [6.45, 7) is 1.87. The Hall–Kier alpha value is -2.29. The van der Waals surface area contributed by atoms with E-state index in [2.05, 4.69) is 17.4 Å². The van der Waals surface area contributed by atoms with Crippen molar-refractivity contribution in [3.8, 4) is 5.75 Å². The fraction of sp³-hybridized carbons (Fsp3) is 0.435. The number of hydrogen-bond donors (Lipinski definition) is 1. The van der Waals surface area contributed by atoms with Gasteiger partial charge < -0.3 is 14.8 Å². The fourth-order valence-electron chi connectivity index (χ4n) is 4.37. The molecule has 1 atom stereocenters. The third kappa shape index (κ3) is 4.87. The van der Waals surface area contributed by atoms with Gasteiger partial charge in [0.2, 0.25) is 10.0 Å². The van der Waals surface area contributed by atoms with Crippen LogP contribution >= 0.6 is 11.6 Å². The van der Waals surface area contributed by atoms with Gasteiger partial charge in [0.25, 0.3) is 5.91 Å². The molecule has 2 heterocycles. The van der Waals surface area contributed by atoms with Gasteiger partial charge in [0, 0.05) is 43.2 Å². The highest BCUT2D eigenvalue weighted by Crippen LogP contribution is 2.37. The molecule has 4 rings (SSSR count). The van der Waals surface area contributed by atoms with Gasteiger partial charge in [-0.1, -0.05) is 41.9 Å². The summed E-state index contributed by atoms with van der Waals surface area (Å²) < 4.78 is 37.5. The third-order valence-electron chi connectivity index (χ3n) is 6.18. The maximum Gasteiger partial charge on any atom is 0.261 e. The molecule has 1 amide bonds. The van der Waals surface area contributed by atoms with E-state index in [-0.39, 0.29) is 24.3 Å². The van der Waals surface area contributed by atoms with E-state index < -0.39 is 16.1 Å². The average Bonchev–Trinajstić information content (AvgIpc) is 2.98. The fourth-order valence-corrected chi connectivity index (χ4v) is 5.48. The molecular weight excluding hydrogens is 452 g/mol. The molecule has 1 saturated heterocycles. The number of nitrogens with zero attached hydrogens (tertiary/aromatic N) is 1. The molecule has 9 heteroatoms. The molecule has 0 aliphatic carbocycles. The SMILES string of the molecule is CS(=O)(=O)N1CC[C@H](C(=O)NCC2(c3ccccc3)CCOCC2)Oc2ccc(Cl)cc21. The van der Waals surface area contributed by atoms with E-state index in [4.69, 9.17) is 21.1 Å². The molecule has 0 radical (unpaired) electrons. The number of anilines is 1. The van der Waals surface area contributed by atoms with Crippen LogP contribution in [0.15, 0.2) is 48.5 Å². The van der Waals surface area contributed by atoms with Crippen LogP contribution in [-0.2, 0) is 25.0 Å². The maximum atomic E-state index is 13.1. The first-order chi connectivity index (χ1) is 15.3. The van der Waals surface area contributed by atoms with Crippen LogP contribution in [0.5, 0.6) is 5.75 Å². The van der Waals surface area contributed by atoms with Crippen molar-refractivity contribution in [2.75, 3.05) is 36.9 Å². The smallest absolute Gasteiger partial charge is 0.261 e. The molecule has 1 fully saturated rings. The van der Waals surface area contributed by atoms with Crippen LogP contribution in [0.4, 0.5) is 5.69 Å². The Morgan fingerprint density at radius 2 is 1.91 bits per heavy atom. The highest BCUT2D eigenvalue weighted by atomic mass is 35.5. The standard InChI is InChI=1S/C23H27ClN2O5S/c1-32(28,29)26-12-9-21(31-20-8-7-18(24)15-19(20)26)22(27)25-16-23(10-13-30-14-11-23)17-5-3-2-4-6-17/h2-8,15,21H,9-14,16H2,1H3,(H,25,27)/t21-/m1/s1. The lowest BCUT2D eigenvalue weighted by Gasteiger charge is -2.38. The highest BCUT2D eigenvalue weighted by molar-refractivity contribution is 7.92. The number of sulfonamides is 1. The molecule has 0 spiro atoms. The van der Waals surface area contributed by atoms with Gasteiger partial charge in [-0.05, 0) is 36.6 Å². The molecule has 0 bridgehead atoms. The zero-order chi connectivity index (χ0) is 22.8. The number of rotatable bonds is 5. The second-order valence-electron chi connectivity index (χ2n) is 8.32. The summed E-state index contributed by atoms with van der Waals surface area (Å²) in [6, 6.07) is 14.9. The Labute approximate surface area is 193 Å². The molecule has 7 nitrogen and oxygen atoms in total. The van der Waals surface area contributed by atoms with Gasteiger partial charge >= 0.3 is 0 Å². The van der Waals surface area contributed by atoms with Crippen LogP contribution in [-0.4, -0.2) is 53.0 Å². The number of carbonyl (C=O) groups excluding carboxylic acids is 1. The largest absolute Gasteiger partial charge is 0.478 e. The van der Waals surface area contributed by atoms with E-state index in [9.17, 15) is 13.2 Å². The molecule has 2 aromatic rings. The maximum absolute atomic E-state index is 13.1. The van der Waals surface area contributed by atoms with Crippen LogP contribution in [0.25, 0.3) is 0 Å². The molecule has 172 valence electrons. The summed E-state index contributed by atoms with van der Waals surface area (Å²) in [7, 11) is -3.55. The lowest BCUT2D eigenvalue weighted by molar-refractivity contribution is -0.128. The zero-order valence-corrected chi connectivity index (χ0v) is 19.5. The third-order valence-corrected chi connectivity index (χ3v) is 7.60. The van der Waals surface area contributed by atoms with E-state index >= 15 is 0 Å². The molecule has 0 unspecified atom stereocenters. The highest BCUT2D eigenvalue weighted by Gasteiger charge is 2.37. The van der Waals surface area contributed by atoms with Gasteiger partial charge in [-0.3, -0.25) is 9.10 Å². The van der Waals surface area contributed by atoms with Crippen LogP contribution < -0.4 is 14.4 Å². The van der Waals surface area contributed by atoms with Gasteiger partial charge in [-0.15, -0.1) is 0 Å². The zero-order valence-electron chi connectivity index (χ0n) is 17.9. The Bertz CT molecular complexity index is 1070. The van der Waals surface area contributed by atoms with Gasteiger partial charge in [0.15, 0.2) is 6.10 Å². The lowest BCUT2D eigenvalue weighted by Crippen LogP contribution is -2.48. The van der Waals surface area contributed by atoms with Crippen molar-refractivity contribution in [1.29, 1.82) is 0 Å². The van der Waals surface area contributed by atoms with Crippen LogP contribution in [0, 0.1) is 0 Å². The number of carbonyl (C=O) groups is 1. The van der Waals surface area contributed by atoms with Gasteiger partial charge in [0.1, 0.15) is 5.75 Å². The second-order valence-corrected chi connectivity index (χ2v) is 10.7. The Kier molecular flexibility index (Phi) is 6.65. The van der Waals surface area contributed by atoms with E-state index in [0.717, 1.165) is 19.1 Å². The van der Waals surface area contributed by atoms with Crippen molar-refractivity contribution in [3.05, 3.63) is 59.1 Å². The van der Waals surface area contributed by atoms with Gasteiger partial charge in [0.05, 0.1) is 11.9 Å². The predicted molar refractivity (Wildman–Crippen MR) is 124 cm³/mol. The molecule has 2 aromatic carbocycles. The summed E-state index contributed by atoms with van der Waals surface area (Å²) in [5, 5.41) is 3.47. The van der Waals surface area contributed by atoms with Crippen LogP contribution in [0.1, 0.15) is 24.8 Å². The quantitative estimate of drug-likeness (QED) is 0.713. The molecule has 2 aliphatic heterocycles. The van der Waals surface area contributed by atoms with Crippen molar-refractivity contribution in [1.82, 2.24) is 5.32 Å². The normalized spacial score (nSPS) is 20.6. The number of fused-ring (bicyclic) bond motifs is 1. The minimum atomic E-state index is -3.55. The van der Waals surface area contributed by atoms with E-state index in [1.165, 1.54) is 9.87 Å². The molecular formula is C23H27ClN2O5S. The topological polar surface area (TPSA) is 84.9 Å². The van der Waals surface area contributed by atoms with E-state index in [1.807, 2.05) is 18.2 Å². The van der Waals surface area contributed by atoms with Crippen molar-refractivity contribution in [3.63, 3.8) is 0 Å². The van der Waals surface area contributed by atoms with Crippen LogP contribution in [0.2, 0.25) is 5.02 Å². The second kappa shape index (κ2) is 9.29. The summed E-state index contributed by atoms with van der Waals surface area (Å²) in [4.78, 5) is 13.1. The van der Waals surface area contributed by atoms with E-state index in [0.29, 0.717) is 36.2 Å². The van der Waals surface area contributed by atoms with Crippen molar-refractivity contribution < 1.29 is 22.7 Å². The number of hydrogen-bond acceptors (Lipinski definition) is 5. The first-order valence-electron chi connectivity index (χ1n) is 10.6. The first kappa shape index (κ1) is 22.9. The average molecular weight is 479 g/mol. The Morgan fingerprint density at radius 1 is 1.19 bits per heavy atom. The lowest BCUT2D eigenvalue weighted by atomic mass is 9.74. The van der Waals surface area contributed by atoms with Gasteiger partial charge in [-0.25, -0.2) is 8.42 Å². The molecule has 0 aromatic heterocycles. The summed E-state index contributed by atoms with van der Waals surface area (Å²) in [6.07, 6.45) is 2.17. The number of nitrogens with one attached hydrogen (secondary N) is 1. The minimum Gasteiger partial charge on any atom is -0.478 e. The molecule has 32 heavy (non-hydrogen) atoms. The first-order valence-corrected chi connectivity index (χ1v) is 12.9. The molecule has 1 N–H and O–H groups in total. The number of halogens is 1. The Balaban J connectivity index is 1.53. The van der Waals surface area contributed by atoms with Crippen LogP contribution in [0.3, 0.4) is 0 Å². The van der Waals surface area contributed by atoms with E-state index in [1.54, 1.807) is 18.2 Å². The minimum absolute atomic E-state index is 0.127. The van der Waals surface area contributed by atoms with Crippen molar-refractivity contribution in [2.45, 2.75) is 30.8 Å². The summed E-state index contributed by atoms with van der Waals surface area (Å²) in [5.41, 5.74) is 1.32. The molecule has 0 saturated carbocycles. The van der Waals surface area contributed by atoms with Crippen molar-refractivity contribution >= 4 is 33.2 Å². The summed E-state index contributed by atoms with van der Waals surface area (Å²) >= 11 is 6.09. The number of ether oxygens (including phenoxy) is 2. The Morgan fingerprint density at radius 3 is 2.59 bits per heavy atom. The monoisotopic (exact) mass is 478 g/mol. The number of benzene rings is 2. The summed E-state index contributed by atoms with van der Waals surface area (Å²) in [5.74, 6) is 0.0596. The van der Waals surface area contributed by atoms with Gasteiger partial charge in [-0.2, -0.15) is 0 Å². The predicted octanol–water partition coefficient (Wildman–Crippen LogP) is 3.12. The molecule has 2 aliphatic rings. The van der Waals surface area contributed by atoms with Crippen molar-refractivity contribution in [2.24, 2.45) is 0 Å². The number of amides is 1.